The summed E-state index contributed by atoms with van der Waals surface area (Å²) in [6.45, 7) is 4.86. The van der Waals surface area contributed by atoms with Crippen molar-refractivity contribution >= 4 is 5.97 Å². The molecule has 0 rings (SSSR count). The van der Waals surface area contributed by atoms with Gasteiger partial charge in [0.1, 0.15) is 12.7 Å². The molecule has 0 aromatic carbocycles. The van der Waals surface area contributed by atoms with E-state index in [1.54, 1.807) is 0 Å². The Labute approximate surface area is 71.8 Å². The van der Waals surface area contributed by atoms with Crippen LogP contribution in [0.3, 0.4) is 0 Å². The lowest BCUT2D eigenvalue weighted by molar-refractivity contribution is -0.142. The van der Waals surface area contributed by atoms with Gasteiger partial charge in [0.15, 0.2) is 0 Å². The molecule has 12 heavy (non-hydrogen) atoms. The van der Waals surface area contributed by atoms with Crippen LogP contribution in [0.4, 0.5) is 0 Å². The summed E-state index contributed by atoms with van der Waals surface area (Å²) in [5.74, 6) is -0.516. The summed E-state index contributed by atoms with van der Waals surface area (Å²) in [5, 5.41) is 9.01. The number of hydrogen-bond donors (Lipinski definition) is 1. The van der Waals surface area contributed by atoms with E-state index in [1.165, 1.54) is 6.92 Å². The molecule has 0 heterocycles. The van der Waals surface area contributed by atoms with Crippen LogP contribution in [-0.2, 0) is 14.3 Å². The topological polar surface area (TPSA) is 55.8 Å². The van der Waals surface area contributed by atoms with Crippen molar-refractivity contribution in [3.63, 3.8) is 0 Å². The van der Waals surface area contributed by atoms with E-state index in [1.807, 2.05) is 0 Å². The van der Waals surface area contributed by atoms with E-state index in [0.29, 0.717) is 5.57 Å². The minimum atomic E-state index is -0.828. The highest BCUT2D eigenvalue weighted by Gasteiger charge is 2.08. The number of esters is 1. The molecule has 0 aliphatic rings. The van der Waals surface area contributed by atoms with E-state index in [4.69, 9.17) is 5.11 Å². The molecule has 0 bridgehead atoms. The van der Waals surface area contributed by atoms with Gasteiger partial charge in [-0.1, -0.05) is 6.58 Å². The van der Waals surface area contributed by atoms with Gasteiger partial charge in [-0.3, -0.25) is 0 Å². The third-order valence-electron chi connectivity index (χ3n) is 1.07. The second-order valence-corrected chi connectivity index (χ2v) is 2.40. The number of aliphatic hydroxyl groups excluding tert-OH is 1. The summed E-state index contributed by atoms with van der Waals surface area (Å²) in [6.07, 6.45) is -0.828. The zero-order valence-corrected chi connectivity index (χ0v) is 7.08. The summed E-state index contributed by atoms with van der Waals surface area (Å²) in [6, 6.07) is 0. The molecule has 0 aliphatic carbocycles. The highest BCUT2D eigenvalue weighted by molar-refractivity contribution is 5.86. The molecule has 0 fully saturated rings. The monoisotopic (exact) mass is 173 g/mol. The normalized spacial score (nSPS) is 12.2. The maximum absolute atomic E-state index is 10.8. The van der Waals surface area contributed by atoms with Crippen molar-refractivity contribution in [3.8, 4) is 0 Å². The predicted octanol–water partition coefficient (Wildman–Crippen LogP) is 0.275. The Kier molecular flexibility index (Phi) is 5.32. The van der Waals surface area contributed by atoms with E-state index in [0.717, 1.165) is 0 Å². The highest BCUT2D eigenvalue weighted by atomic mass is 16.5. The van der Waals surface area contributed by atoms with Crippen LogP contribution in [-0.4, -0.2) is 30.4 Å². The van der Waals surface area contributed by atoms with Gasteiger partial charge in [0, 0.05) is 5.57 Å². The van der Waals surface area contributed by atoms with E-state index < -0.39 is 12.1 Å². The van der Waals surface area contributed by atoms with Crippen LogP contribution in [0.15, 0.2) is 12.2 Å². The van der Waals surface area contributed by atoms with E-state index in [2.05, 4.69) is 23.2 Å². The van der Waals surface area contributed by atoms with Gasteiger partial charge in [-0.25, -0.2) is 4.79 Å². The molecule has 1 unspecified atom stereocenters. The van der Waals surface area contributed by atoms with Gasteiger partial charge in [0.25, 0.3) is 0 Å². The molecular weight excluding hydrogens is 160 g/mol. The summed E-state index contributed by atoms with van der Waals surface area (Å²) in [7, 11) is 3.07. The molecule has 0 aromatic rings. The molecule has 0 aromatic heterocycles. The van der Waals surface area contributed by atoms with Crippen molar-refractivity contribution < 1.29 is 19.4 Å². The smallest absolute Gasteiger partial charge is 0.333 e. The van der Waals surface area contributed by atoms with Gasteiger partial charge in [-0.2, -0.15) is 0 Å². The molecular formula is C8H13O4. The third-order valence-corrected chi connectivity index (χ3v) is 1.07. The Morgan fingerprint density at radius 2 is 2.17 bits per heavy atom. The van der Waals surface area contributed by atoms with Crippen LogP contribution in [0.25, 0.3) is 0 Å². The first kappa shape index (κ1) is 11.1. The van der Waals surface area contributed by atoms with Crippen molar-refractivity contribution in [2.45, 2.75) is 13.0 Å². The molecule has 69 valence electrons. The van der Waals surface area contributed by atoms with Crippen molar-refractivity contribution in [2.75, 3.05) is 13.2 Å². The number of hydrogen-bond acceptors (Lipinski definition) is 4. The number of aliphatic hydroxyl groups is 1. The number of carbonyl (C=O) groups is 1. The Morgan fingerprint density at radius 3 is 2.58 bits per heavy atom. The number of carbonyl (C=O) groups excluding carboxylic acids is 1. The zero-order valence-electron chi connectivity index (χ0n) is 7.08. The maximum Gasteiger partial charge on any atom is 0.333 e. The van der Waals surface area contributed by atoms with Crippen LogP contribution < -0.4 is 0 Å². The second-order valence-electron chi connectivity index (χ2n) is 2.40. The fourth-order valence-corrected chi connectivity index (χ4v) is 0.479. The molecule has 0 aliphatic heterocycles. The number of ether oxygens (including phenoxy) is 2. The molecule has 0 saturated carbocycles. The van der Waals surface area contributed by atoms with E-state index in [-0.39, 0.29) is 13.2 Å². The highest BCUT2D eigenvalue weighted by Crippen LogP contribution is 1.94. The molecule has 4 heteroatoms. The lowest BCUT2D eigenvalue weighted by atomic mass is 10.3. The van der Waals surface area contributed by atoms with E-state index >= 15 is 0 Å². The summed E-state index contributed by atoms with van der Waals surface area (Å²) >= 11 is 0. The average molecular weight is 173 g/mol. The summed E-state index contributed by atoms with van der Waals surface area (Å²) in [5.41, 5.74) is 0.303. The maximum atomic E-state index is 10.8. The first-order valence-electron chi connectivity index (χ1n) is 3.45. The zero-order chi connectivity index (χ0) is 9.56. The third kappa shape index (κ3) is 4.87. The molecule has 4 nitrogen and oxygen atoms in total. The minimum absolute atomic E-state index is 0.0451. The summed E-state index contributed by atoms with van der Waals surface area (Å²) < 4.78 is 9.00. The van der Waals surface area contributed by atoms with Crippen LogP contribution in [0, 0.1) is 7.11 Å². The standard InChI is InChI=1S/C8H13O4/c1-6(2)8(10)12-5-7(9)4-11-3/h7,9H,1,3-5H2,2H3. The first-order chi connectivity index (χ1) is 5.57. The Bertz CT molecular complexity index is 164. The Morgan fingerprint density at radius 1 is 1.58 bits per heavy atom. The van der Waals surface area contributed by atoms with Gasteiger partial charge in [-0.05, 0) is 6.92 Å². The molecule has 1 atom stereocenters. The first-order valence-corrected chi connectivity index (χ1v) is 3.45. The van der Waals surface area contributed by atoms with Gasteiger partial charge in [0.2, 0.25) is 0 Å². The quantitative estimate of drug-likeness (QED) is 0.479. The summed E-state index contributed by atoms with van der Waals surface area (Å²) in [4.78, 5) is 10.8. The number of rotatable bonds is 5. The molecule has 0 amide bonds. The average Bonchev–Trinajstić information content (AvgIpc) is 2.00. The molecule has 1 N–H and O–H groups in total. The van der Waals surface area contributed by atoms with Crippen LogP contribution >= 0.6 is 0 Å². The SMILES string of the molecule is [CH2]OCC(O)COC(=O)C(=C)C. The van der Waals surface area contributed by atoms with Gasteiger partial charge < -0.3 is 14.6 Å². The second kappa shape index (κ2) is 5.74. The Balaban J connectivity index is 3.54. The van der Waals surface area contributed by atoms with Crippen LogP contribution in [0.1, 0.15) is 6.92 Å². The van der Waals surface area contributed by atoms with Crippen molar-refractivity contribution in [3.05, 3.63) is 19.3 Å². The van der Waals surface area contributed by atoms with Gasteiger partial charge >= 0.3 is 5.97 Å². The van der Waals surface area contributed by atoms with E-state index in [9.17, 15) is 4.79 Å². The lowest BCUT2D eigenvalue weighted by Crippen LogP contribution is -2.22. The van der Waals surface area contributed by atoms with Gasteiger partial charge in [-0.15, -0.1) is 0 Å². The fourth-order valence-electron chi connectivity index (χ4n) is 0.479. The molecule has 0 spiro atoms. The predicted molar refractivity (Wildman–Crippen MR) is 43.1 cm³/mol. The fraction of sp³-hybridized carbons (Fsp3) is 0.500. The minimum Gasteiger partial charge on any atom is -0.460 e. The molecule has 0 saturated heterocycles. The molecule has 1 radical (unpaired) electrons. The van der Waals surface area contributed by atoms with Gasteiger partial charge in [0.05, 0.1) is 13.7 Å². The lowest BCUT2D eigenvalue weighted by Gasteiger charge is -2.09. The van der Waals surface area contributed by atoms with Crippen molar-refractivity contribution in [1.29, 1.82) is 0 Å². The van der Waals surface area contributed by atoms with Crippen LogP contribution in [0.2, 0.25) is 0 Å². The van der Waals surface area contributed by atoms with Crippen LogP contribution in [0.5, 0.6) is 0 Å². The van der Waals surface area contributed by atoms with Crippen molar-refractivity contribution in [2.24, 2.45) is 0 Å². The Hall–Kier alpha value is -0.870. The largest absolute Gasteiger partial charge is 0.460 e. The van der Waals surface area contributed by atoms with Crippen molar-refractivity contribution in [1.82, 2.24) is 0 Å².